The summed E-state index contributed by atoms with van der Waals surface area (Å²) < 4.78 is 14.6. The average molecular weight is 130 g/mol. The number of cyclic esters (lactones) is 1. The zero-order chi connectivity index (χ0) is 6.27. The van der Waals surface area contributed by atoms with Crippen molar-refractivity contribution in [3.8, 4) is 0 Å². The standard InChI is InChI=1S/C5H6O4/c6-4-5-8-2-3(9-5)1-7-4/h3,5H,1-2H2. The summed E-state index contributed by atoms with van der Waals surface area (Å²) in [7, 11) is 0. The molecule has 0 aromatic carbocycles. The van der Waals surface area contributed by atoms with Crippen LogP contribution in [-0.2, 0) is 19.0 Å². The van der Waals surface area contributed by atoms with Crippen molar-refractivity contribution in [3.63, 3.8) is 0 Å². The Morgan fingerprint density at radius 3 is 3.11 bits per heavy atom. The molecule has 2 aliphatic heterocycles. The van der Waals surface area contributed by atoms with Crippen LogP contribution in [0.1, 0.15) is 0 Å². The third kappa shape index (κ3) is 0.710. The van der Waals surface area contributed by atoms with Gasteiger partial charge in [0.15, 0.2) is 0 Å². The largest absolute Gasteiger partial charge is 0.459 e. The molecular weight excluding hydrogens is 124 g/mol. The summed E-state index contributed by atoms with van der Waals surface area (Å²) in [6, 6.07) is 0. The van der Waals surface area contributed by atoms with Gasteiger partial charge in [-0.3, -0.25) is 0 Å². The third-order valence-electron chi connectivity index (χ3n) is 1.35. The van der Waals surface area contributed by atoms with Gasteiger partial charge in [0.25, 0.3) is 6.29 Å². The molecule has 0 amide bonds. The van der Waals surface area contributed by atoms with Crippen molar-refractivity contribution in [2.45, 2.75) is 12.4 Å². The number of esters is 1. The Morgan fingerprint density at radius 1 is 1.44 bits per heavy atom. The van der Waals surface area contributed by atoms with Gasteiger partial charge in [0.1, 0.15) is 12.7 Å². The predicted octanol–water partition coefficient (Wildman–Crippen LogP) is -0.715. The molecule has 2 aliphatic rings. The molecule has 2 heterocycles. The molecule has 0 spiro atoms. The number of ether oxygens (including phenoxy) is 3. The van der Waals surface area contributed by atoms with E-state index >= 15 is 0 Å². The lowest BCUT2D eigenvalue weighted by molar-refractivity contribution is -0.189. The van der Waals surface area contributed by atoms with Crippen LogP contribution in [0.3, 0.4) is 0 Å². The van der Waals surface area contributed by atoms with Crippen molar-refractivity contribution in [2.75, 3.05) is 13.2 Å². The van der Waals surface area contributed by atoms with E-state index in [0.717, 1.165) is 0 Å². The van der Waals surface area contributed by atoms with Gasteiger partial charge in [-0.25, -0.2) is 4.79 Å². The number of fused-ring (bicyclic) bond motifs is 2. The van der Waals surface area contributed by atoms with Gasteiger partial charge in [0.2, 0.25) is 0 Å². The highest BCUT2D eigenvalue weighted by Gasteiger charge is 2.38. The van der Waals surface area contributed by atoms with Gasteiger partial charge in [-0.05, 0) is 0 Å². The first-order valence-corrected chi connectivity index (χ1v) is 2.80. The Bertz CT molecular complexity index is 144. The lowest BCUT2D eigenvalue weighted by Gasteiger charge is -2.16. The molecular formula is C5H6O4. The van der Waals surface area contributed by atoms with E-state index in [1.165, 1.54) is 0 Å². The molecule has 0 aliphatic carbocycles. The van der Waals surface area contributed by atoms with Crippen LogP contribution in [0.25, 0.3) is 0 Å². The summed E-state index contributed by atoms with van der Waals surface area (Å²) >= 11 is 0. The minimum Gasteiger partial charge on any atom is -0.459 e. The number of carbonyl (C=O) groups is 1. The molecule has 0 radical (unpaired) electrons. The molecule has 4 heteroatoms. The monoisotopic (exact) mass is 130 g/mol. The lowest BCUT2D eigenvalue weighted by atomic mass is 10.4. The molecule has 0 aromatic heterocycles. The van der Waals surface area contributed by atoms with E-state index in [9.17, 15) is 4.79 Å². The molecule has 2 rings (SSSR count). The molecule has 2 fully saturated rings. The fraction of sp³-hybridized carbons (Fsp3) is 0.800. The first kappa shape index (κ1) is 5.20. The molecule has 2 saturated heterocycles. The van der Waals surface area contributed by atoms with Crippen LogP contribution < -0.4 is 0 Å². The van der Waals surface area contributed by atoms with E-state index in [2.05, 4.69) is 4.74 Å². The first-order valence-electron chi connectivity index (χ1n) is 2.80. The quantitative estimate of drug-likeness (QED) is 0.406. The van der Waals surface area contributed by atoms with Crippen molar-refractivity contribution >= 4 is 5.97 Å². The fourth-order valence-electron chi connectivity index (χ4n) is 0.902. The molecule has 4 nitrogen and oxygen atoms in total. The topological polar surface area (TPSA) is 44.8 Å². The number of carbonyl (C=O) groups excluding carboxylic acids is 1. The Kier molecular flexibility index (Phi) is 0.972. The van der Waals surface area contributed by atoms with Crippen LogP contribution in [0, 0.1) is 0 Å². The second-order valence-corrected chi connectivity index (χ2v) is 2.05. The summed E-state index contributed by atoms with van der Waals surface area (Å²) in [5.41, 5.74) is 0. The van der Waals surface area contributed by atoms with Crippen molar-refractivity contribution < 1.29 is 19.0 Å². The summed E-state index contributed by atoms with van der Waals surface area (Å²) in [5, 5.41) is 0. The van der Waals surface area contributed by atoms with Crippen LogP contribution in [-0.4, -0.2) is 31.6 Å². The van der Waals surface area contributed by atoms with Gasteiger partial charge in [-0.2, -0.15) is 0 Å². The van der Waals surface area contributed by atoms with E-state index in [4.69, 9.17) is 9.47 Å². The molecule has 2 bridgehead atoms. The van der Waals surface area contributed by atoms with Crippen molar-refractivity contribution in [1.82, 2.24) is 0 Å². The van der Waals surface area contributed by atoms with Crippen molar-refractivity contribution in [3.05, 3.63) is 0 Å². The molecule has 2 atom stereocenters. The van der Waals surface area contributed by atoms with Gasteiger partial charge in [-0.1, -0.05) is 0 Å². The summed E-state index contributed by atoms with van der Waals surface area (Å²) in [4.78, 5) is 10.6. The number of hydrogen-bond acceptors (Lipinski definition) is 4. The van der Waals surface area contributed by atoms with Crippen LogP contribution >= 0.6 is 0 Å². The van der Waals surface area contributed by atoms with E-state index in [1.54, 1.807) is 0 Å². The van der Waals surface area contributed by atoms with Crippen LogP contribution in [0.2, 0.25) is 0 Å². The van der Waals surface area contributed by atoms with Gasteiger partial charge >= 0.3 is 5.97 Å². The Balaban J connectivity index is 2.14. The smallest absolute Gasteiger partial charge is 0.363 e. The summed E-state index contributed by atoms with van der Waals surface area (Å²) in [5.74, 6) is -0.399. The summed E-state index contributed by atoms with van der Waals surface area (Å²) in [6.45, 7) is 0.825. The number of hydrogen-bond donors (Lipinski definition) is 0. The van der Waals surface area contributed by atoms with Crippen LogP contribution in [0.4, 0.5) is 0 Å². The Labute approximate surface area is 51.7 Å². The SMILES string of the molecule is O=C1OCC2COC1O2. The molecule has 0 N–H and O–H groups in total. The van der Waals surface area contributed by atoms with E-state index in [1.807, 2.05) is 0 Å². The van der Waals surface area contributed by atoms with Crippen LogP contribution in [0.15, 0.2) is 0 Å². The van der Waals surface area contributed by atoms with Gasteiger partial charge < -0.3 is 14.2 Å². The first-order chi connectivity index (χ1) is 4.36. The molecule has 2 unspecified atom stereocenters. The van der Waals surface area contributed by atoms with Gasteiger partial charge in [0, 0.05) is 0 Å². The third-order valence-corrected chi connectivity index (χ3v) is 1.35. The maximum Gasteiger partial charge on any atom is 0.363 e. The maximum atomic E-state index is 10.6. The normalized spacial score (nSPS) is 40.7. The second kappa shape index (κ2) is 1.68. The predicted molar refractivity (Wildman–Crippen MR) is 25.6 cm³/mol. The summed E-state index contributed by atoms with van der Waals surface area (Å²) in [6.07, 6.45) is -0.753. The highest BCUT2D eigenvalue weighted by Crippen LogP contribution is 2.17. The minimum atomic E-state index is -0.733. The number of rotatable bonds is 0. The molecule has 9 heavy (non-hydrogen) atoms. The highest BCUT2D eigenvalue weighted by atomic mass is 16.8. The van der Waals surface area contributed by atoms with Crippen molar-refractivity contribution in [1.29, 1.82) is 0 Å². The maximum absolute atomic E-state index is 10.6. The molecule has 0 aromatic rings. The fourth-order valence-corrected chi connectivity index (χ4v) is 0.902. The van der Waals surface area contributed by atoms with Crippen LogP contribution in [0.5, 0.6) is 0 Å². The minimum absolute atomic E-state index is 0.0206. The zero-order valence-corrected chi connectivity index (χ0v) is 4.70. The highest BCUT2D eigenvalue weighted by molar-refractivity contribution is 5.74. The van der Waals surface area contributed by atoms with Gasteiger partial charge in [-0.15, -0.1) is 0 Å². The molecule has 50 valence electrons. The van der Waals surface area contributed by atoms with E-state index in [0.29, 0.717) is 13.2 Å². The Morgan fingerprint density at radius 2 is 2.33 bits per heavy atom. The Hall–Kier alpha value is -0.610. The zero-order valence-electron chi connectivity index (χ0n) is 4.70. The average Bonchev–Trinajstić information content (AvgIpc) is 2.25. The van der Waals surface area contributed by atoms with E-state index < -0.39 is 12.3 Å². The van der Waals surface area contributed by atoms with Crippen molar-refractivity contribution in [2.24, 2.45) is 0 Å². The second-order valence-electron chi connectivity index (χ2n) is 2.05. The van der Waals surface area contributed by atoms with E-state index in [-0.39, 0.29) is 6.10 Å². The van der Waals surface area contributed by atoms with Gasteiger partial charge in [0.05, 0.1) is 6.61 Å². The lowest BCUT2D eigenvalue weighted by Crippen LogP contribution is -2.33. The molecule has 0 saturated carbocycles.